The Morgan fingerprint density at radius 1 is 0.444 bits per heavy atom. The molecule has 0 aromatic heterocycles. The number of rotatable bonds is 2. The highest BCUT2D eigenvalue weighted by molar-refractivity contribution is 5.88. The zero-order valence-electron chi connectivity index (χ0n) is 14.5. The molecule has 5 rings (SSSR count). The molecule has 0 spiro atoms. The normalized spacial score (nSPS) is 14.7. The minimum atomic E-state index is -0.269. The Labute approximate surface area is 156 Å². The van der Waals surface area contributed by atoms with Crippen molar-refractivity contribution >= 4 is 0 Å². The van der Waals surface area contributed by atoms with Crippen molar-refractivity contribution in [2.45, 2.75) is 5.92 Å². The van der Waals surface area contributed by atoms with Crippen molar-refractivity contribution in [3.8, 4) is 22.3 Å². The van der Waals surface area contributed by atoms with E-state index in [9.17, 15) is 8.78 Å². The van der Waals surface area contributed by atoms with Gasteiger partial charge in [0.2, 0.25) is 0 Å². The van der Waals surface area contributed by atoms with Crippen LogP contribution in [0.4, 0.5) is 8.78 Å². The summed E-state index contributed by atoms with van der Waals surface area (Å²) in [5, 5.41) is 0. The van der Waals surface area contributed by atoms with Crippen molar-refractivity contribution in [1.29, 1.82) is 0 Å². The van der Waals surface area contributed by atoms with Gasteiger partial charge in [0.25, 0.3) is 0 Å². The maximum Gasteiger partial charge on any atom is 0.131 e. The summed E-state index contributed by atoms with van der Waals surface area (Å²) >= 11 is 0. The fraction of sp³-hybridized carbons (Fsp3) is 0.0400. The number of hydrogen-bond acceptors (Lipinski definition) is 0. The molecule has 1 atom stereocenters. The SMILES string of the molecule is Fc1ccccc1-c1cccc2c1C(c1ccccc1F)c1ccccc1-2. The molecule has 0 heterocycles. The molecule has 4 aromatic carbocycles. The standard InChI is InChI=1S/C25H16F2/c26-22-14-5-3-9-17(22)20-13-7-12-19-16-8-1-2-10-18(16)25(24(19)20)21-11-4-6-15-23(21)27/h1-15,25H. The van der Waals surface area contributed by atoms with E-state index in [2.05, 4.69) is 6.07 Å². The molecule has 27 heavy (non-hydrogen) atoms. The maximum absolute atomic E-state index is 14.8. The quantitative estimate of drug-likeness (QED) is 0.327. The Kier molecular flexibility index (Phi) is 3.64. The third kappa shape index (κ3) is 2.41. The van der Waals surface area contributed by atoms with Crippen LogP contribution >= 0.6 is 0 Å². The van der Waals surface area contributed by atoms with Gasteiger partial charge in [-0.1, -0.05) is 78.9 Å². The monoisotopic (exact) mass is 354 g/mol. The highest BCUT2D eigenvalue weighted by atomic mass is 19.1. The van der Waals surface area contributed by atoms with Crippen molar-refractivity contribution in [2.75, 3.05) is 0 Å². The van der Waals surface area contributed by atoms with Gasteiger partial charge in [-0.05, 0) is 45.5 Å². The topological polar surface area (TPSA) is 0 Å². The Hall–Kier alpha value is -3.26. The summed E-state index contributed by atoms with van der Waals surface area (Å²) in [5.41, 5.74) is 6.12. The molecular formula is C25H16F2. The molecule has 0 amide bonds. The van der Waals surface area contributed by atoms with E-state index in [-0.39, 0.29) is 17.6 Å². The van der Waals surface area contributed by atoms with Gasteiger partial charge in [-0.2, -0.15) is 0 Å². The lowest BCUT2D eigenvalue weighted by molar-refractivity contribution is 0.608. The molecule has 0 N–H and O–H groups in total. The van der Waals surface area contributed by atoms with Crippen LogP contribution in [-0.2, 0) is 0 Å². The number of benzene rings is 4. The molecule has 0 fully saturated rings. The van der Waals surface area contributed by atoms with E-state index in [1.54, 1.807) is 18.2 Å². The van der Waals surface area contributed by atoms with E-state index in [0.29, 0.717) is 11.1 Å². The molecule has 0 saturated heterocycles. The summed E-state index contributed by atoms with van der Waals surface area (Å²) in [4.78, 5) is 0. The Morgan fingerprint density at radius 3 is 1.67 bits per heavy atom. The van der Waals surface area contributed by atoms with Crippen LogP contribution in [0.15, 0.2) is 91.0 Å². The predicted octanol–water partition coefficient (Wildman–Crippen LogP) is 6.79. The number of hydrogen-bond donors (Lipinski definition) is 0. The first-order valence-electron chi connectivity index (χ1n) is 8.97. The van der Waals surface area contributed by atoms with E-state index in [4.69, 9.17) is 0 Å². The molecular weight excluding hydrogens is 338 g/mol. The fourth-order valence-electron chi connectivity index (χ4n) is 4.21. The largest absolute Gasteiger partial charge is 0.207 e. The Bertz CT molecular complexity index is 1160. The zero-order valence-corrected chi connectivity index (χ0v) is 14.5. The first-order chi connectivity index (χ1) is 13.3. The second kappa shape index (κ2) is 6.17. The summed E-state index contributed by atoms with van der Waals surface area (Å²) in [5.74, 6) is -0.768. The Morgan fingerprint density at radius 2 is 0.963 bits per heavy atom. The van der Waals surface area contributed by atoms with Crippen molar-refractivity contribution < 1.29 is 8.78 Å². The molecule has 4 aromatic rings. The van der Waals surface area contributed by atoms with Gasteiger partial charge in [-0.3, -0.25) is 0 Å². The first-order valence-corrected chi connectivity index (χ1v) is 8.97. The van der Waals surface area contributed by atoms with Gasteiger partial charge in [0, 0.05) is 11.5 Å². The van der Waals surface area contributed by atoms with Crippen LogP contribution < -0.4 is 0 Å². The van der Waals surface area contributed by atoms with Crippen molar-refractivity contribution in [3.63, 3.8) is 0 Å². The molecule has 0 bridgehead atoms. The van der Waals surface area contributed by atoms with Crippen LogP contribution in [-0.4, -0.2) is 0 Å². The highest BCUT2D eigenvalue weighted by Crippen LogP contribution is 2.51. The zero-order chi connectivity index (χ0) is 18.4. The smallest absolute Gasteiger partial charge is 0.131 e. The van der Waals surface area contributed by atoms with E-state index in [1.165, 1.54) is 12.1 Å². The van der Waals surface area contributed by atoms with Crippen LogP contribution in [0, 0.1) is 11.6 Å². The van der Waals surface area contributed by atoms with Crippen LogP contribution in [0.25, 0.3) is 22.3 Å². The van der Waals surface area contributed by atoms with E-state index in [1.807, 2.05) is 54.6 Å². The van der Waals surface area contributed by atoms with Crippen molar-refractivity contribution in [1.82, 2.24) is 0 Å². The minimum Gasteiger partial charge on any atom is -0.207 e. The van der Waals surface area contributed by atoms with E-state index in [0.717, 1.165) is 27.8 Å². The van der Waals surface area contributed by atoms with Gasteiger partial charge in [-0.25, -0.2) is 8.78 Å². The lowest BCUT2D eigenvalue weighted by Crippen LogP contribution is -2.04. The molecule has 130 valence electrons. The maximum atomic E-state index is 14.8. The second-order valence-corrected chi connectivity index (χ2v) is 6.79. The van der Waals surface area contributed by atoms with Crippen LogP contribution in [0.2, 0.25) is 0 Å². The Balaban J connectivity index is 1.86. The van der Waals surface area contributed by atoms with Crippen molar-refractivity contribution in [2.24, 2.45) is 0 Å². The summed E-state index contributed by atoms with van der Waals surface area (Å²) in [6.07, 6.45) is 0. The van der Waals surface area contributed by atoms with Crippen LogP contribution in [0.1, 0.15) is 22.6 Å². The molecule has 1 aliphatic rings. The summed E-state index contributed by atoms with van der Waals surface area (Å²) in [6, 6.07) is 27.6. The summed E-state index contributed by atoms with van der Waals surface area (Å²) < 4.78 is 29.4. The number of halogens is 2. The van der Waals surface area contributed by atoms with Gasteiger partial charge in [-0.15, -0.1) is 0 Å². The third-order valence-electron chi connectivity index (χ3n) is 5.34. The minimum absolute atomic E-state index is 0.242. The van der Waals surface area contributed by atoms with Crippen LogP contribution in [0.5, 0.6) is 0 Å². The van der Waals surface area contributed by atoms with Gasteiger partial charge in [0.05, 0.1) is 0 Å². The molecule has 0 aliphatic heterocycles. The average molecular weight is 354 g/mol. The summed E-state index contributed by atoms with van der Waals surface area (Å²) in [7, 11) is 0. The average Bonchev–Trinajstić information content (AvgIpc) is 3.04. The molecule has 1 unspecified atom stereocenters. The van der Waals surface area contributed by atoms with Crippen molar-refractivity contribution in [3.05, 3.63) is 119 Å². The molecule has 2 heteroatoms. The van der Waals surface area contributed by atoms with Gasteiger partial charge >= 0.3 is 0 Å². The predicted molar refractivity (Wildman–Crippen MR) is 105 cm³/mol. The van der Waals surface area contributed by atoms with Gasteiger partial charge in [0.15, 0.2) is 0 Å². The van der Waals surface area contributed by atoms with Gasteiger partial charge in [0.1, 0.15) is 11.6 Å². The lowest BCUT2D eigenvalue weighted by Gasteiger charge is -2.19. The summed E-state index contributed by atoms with van der Waals surface area (Å²) in [6.45, 7) is 0. The van der Waals surface area contributed by atoms with Crippen LogP contribution in [0.3, 0.4) is 0 Å². The van der Waals surface area contributed by atoms with E-state index < -0.39 is 0 Å². The lowest BCUT2D eigenvalue weighted by atomic mass is 9.84. The molecule has 0 saturated carbocycles. The number of fused-ring (bicyclic) bond motifs is 3. The first kappa shape index (κ1) is 16.0. The molecule has 1 aliphatic carbocycles. The third-order valence-corrected chi connectivity index (χ3v) is 5.34. The highest BCUT2D eigenvalue weighted by Gasteiger charge is 2.33. The molecule has 0 nitrogen and oxygen atoms in total. The van der Waals surface area contributed by atoms with Gasteiger partial charge < -0.3 is 0 Å². The van der Waals surface area contributed by atoms with E-state index >= 15 is 0 Å². The second-order valence-electron chi connectivity index (χ2n) is 6.79. The molecule has 0 radical (unpaired) electrons. The fourth-order valence-corrected chi connectivity index (χ4v) is 4.21.